The second-order valence-electron chi connectivity index (χ2n) is 4.35. The molecule has 0 radical (unpaired) electrons. The monoisotopic (exact) mass is 480 g/mol. The van der Waals surface area contributed by atoms with Gasteiger partial charge >= 0.3 is 33.0 Å². The largest absolute Gasteiger partial charge is 2.00 e. The van der Waals surface area contributed by atoms with Crippen molar-refractivity contribution in [2.24, 2.45) is 0 Å². The molecule has 1 aromatic heterocycles. The Morgan fingerprint density at radius 3 is 1.85 bits per heavy atom. The van der Waals surface area contributed by atoms with Gasteiger partial charge in [-0.05, 0) is 11.3 Å². The van der Waals surface area contributed by atoms with E-state index >= 15 is 0 Å². The molecule has 0 amide bonds. The quantitative estimate of drug-likeness (QED) is 0.631. The van der Waals surface area contributed by atoms with Crippen molar-refractivity contribution < 1.29 is 40.9 Å². The molecule has 2 atom stereocenters. The van der Waals surface area contributed by atoms with Gasteiger partial charge in [0.2, 0.25) is 0 Å². The van der Waals surface area contributed by atoms with Gasteiger partial charge in [-0.25, -0.2) is 9.59 Å². The SMILES string of the molecule is O=C(O)c1c[sH+]c(C(=O)O)c1.[NH-]C1CCCCC1[NH-].[Pt+2]. The van der Waals surface area contributed by atoms with Crippen molar-refractivity contribution in [2.75, 3.05) is 0 Å². The molecule has 1 saturated carbocycles. The number of carboxylic acids is 2. The third-order valence-corrected chi connectivity index (χ3v) is 3.87. The Kier molecular flexibility index (Phi) is 8.89. The standard InChI is InChI=1S/C6H12N2.C6H4O4S.Pt/c7-5-3-1-2-4-6(5)8;7-5(8)3-1-4(6(9)10)11-2-3;/h5-8H,1-4H2;1-2H,(H,7,8)(H,9,10);/q-2;;+2/p+1. The fourth-order valence-corrected chi connectivity index (χ4v) is 2.51. The zero-order valence-corrected chi connectivity index (χ0v) is 13.8. The molecule has 4 N–H and O–H groups in total. The van der Waals surface area contributed by atoms with Crippen LogP contribution in [-0.4, -0.2) is 34.2 Å². The molecular weight excluding hydrogens is 463 g/mol. The summed E-state index contributed by atoms with van der Waals surface area (Å²) in [7, 11) is 0. The number of carboxylic acid groups (broad SMARTS) is 2. The summed E-state index contributed by atoms with van der Waals surface area (Å²) in [5.41, 5.74) is 14.6. The van der Waals surface area contributed by atoms with E-state index in [1.54, 1.807) is 0 Å². The fraction of sp³-hybridized carbons (Fsp3) is 0.500. The van der Waals surface area contributed by atoms with E-state index in [4.69, 9.17) is 21.7 Å². The Labute approximate surface area is 135 Å². The number of rotatable bonds is 2. The summed E-state index contributed by atoms with van der Waals surface area (Å²) in [6, 6.07) is 0.999. The van der Waals surface area contributed by atoms with Crippen LogP contribution in [0.5, 0.6) is 0 Å². The first-order valence-corrected chi connectivity index (χ1v) is 6.89. The average molecular weight is 480 g/mol. The van der Waals surface area contributed by atoms with E-state index in [0.717, 1.165) is 18.9 Å². The molecule has 0 spiro atoms. The van der Waals surface area contributed by atoms with E-state index < -0.39 is 11.9 Å². The van der Waals surface area contributed by atoms with E-state index in [2.05, 4.69) is 0 Å². The van der Waals surface area contributed by atoms with Gasteiger partial charge in [-0.15, -0.1) is 0 Å². The van der Waals surface area contributed by atoms with Crippen LogP contribution in [-0.2, 0) is 21.1 Å². The maximum absolute atomic E-state index is 10.3. The molecule has 1 fully saturated rings. The molecule has 8 heteroatoms. The van der Waals surface area contributed by atoms with E-state index in [1.807, 2.05) is 0 Å². The van der Waals surface area contributed by atoms with Crippen LogP contribution >= 0.6 is 11.3 Å². The number of hydrogen-bond donors (Lipinski definition) is 2. The van der Waals surface area contributed by atoms with E-state index in [0.29, 0.717) is 11.3 Å². The van der Waals surface area contributed by atoms with Gasteiger partial charge in [-0.2, -0.15) is 12.1 Å². The van der Waals surface area contributed by atoms with Crippen LogP contribution in [0.3, 0.4) is 0 Å². The second-order valence-corrected chi connectivity index (χ2v) is 5.35. The molecule has 2 unspecified atom stereocenters. The van der Waals surface area contributed by atoms with E-state index in [-0.39, 0.29) is 43.6 Å². The van der Waals surface area contributed by atoms with Crippen LogP contribution in [0.1, 0.15) is 45.7 Å². The average Bonchev–Trinajstić information content (AvgIpc) is 2.83. The predicted molar refractivity (Wildman–Crippen MR) is 74.3 cm³/mol. The molecule has 0 aliphatic heterocycles. The number of aromatic carboxylic acids is 2. The molecule has 1 aliphatic rings. The Hall–Kier alpha value is -0.752. The summed E-state index contributed by atoms with van der Waals surface area (Å²) >= 11 is 0.439. The van der Waals surface area contributed by atoms with Gasteiger partial charge in [-0.3, -0.25) is 0 Å². The van der Waals surface area contributed by atoms with Crippen LogP contribution in [0.4, 0.5) is 0 Å². The number of nitrogens with one attached hydrogen (secondary N) is 2. The maximum atomic E-state index is 10.3. The molecule has 0 saturated heterocycles. The summed E-state index contributed by atoms with van der Waals surface area (Å²) in [5, 5.41) is 18.2. The maximum Gasteiger partial charge on any atom is 2.00 e. The van der Waals surface area contributed by atoms with Crippen molar-refractivity contribution in [2.45, 2.75) is 37.8 Å². The summed E-state index contributed by atoms with van der Waals surface area (Å²) in [5.74, 6) is -2.16. The zero-order valence-electron chi connectivity index (χ0n) is 10.6. The fourth-order valence-electron chi connectivity index (χ4n) is 1.73. The molecule has 114 valence electrons. The van der Waals surface area contributed by atoms with Crippen molar-refractivity contribution in [1.82, 2.24) is 0 Å². The minimum absolute atomic E-state index is 0. The summed E-state index contributed by atoms with van der Waals surface area (Å²) in [6.45, 7) is 0. The third-order valence-electron chi connectivity index (χ3n) is 2.87. The molecule has 2 rings (SSSR count). The van der Waals surface area contributed by atoms with Crippen molar-refractivity contribution in [3.63, 3.8) is 0 Å². The van der Waals surface area contributed by atoms with Gasteiger partial charge in [0.25, 0.3) is 4.88 Å². The van der Waals surface area contributed by atoms with E-state index in [9.17, 15) is 9.59 Å². The van der Waals surface area contributed by atoms with Crippen LogP contribution in [0.15, 0.2) is 11.4 Å². The van der Waals surface area contributed by atoms with Crippen LogP contribution < -0.4 is 0 Å². The number of thiophene rings is 1. The van der Waals surface area contributed by atoms with Crippen molar-refractivity contribution in [3.8, 4) is 0 Å². The van der Waals surface area contributed by atoms with Gasteiger partial charge in [0.1, 0.15) is 5.56 Å². The molecule has 1 heterocycles. The number of carbonyl (C=O) groups is 2. The first-order chi connectivity index (χ1) is 8.91. The van der Waals surface area contributed by atoms with Crippen LogP contribution in [0.25, 0.3) is 11.5 Å². The minimum Gasteiger partial charge on any atom is -0.676 e. The Morgan fingerprint density at radius 2 is 1.60 bits per heavy atom. The van der Waals surface area contributed by atoms with E-state index in [1.165, 1.54) is 18.2 Å². The zero-order chi connectivity index (χ0) is 14.4. The topological polar surface area (TPSA) is 122 Å². The Balaban J connectivity index is 0.000000359. The minimum atomic E-state index is -1.09. The second kappa shape index (κ2) is 9.23. The van der Waals surface area contributed by atoms with Gasteiger partial charge in [0, 0.05) is 6.07 Å². The van der Waals surface area contributed by atoms with Crippen molar-refractivity contribution >= 4 is 23.3 Å². The Morgan fingerprint density at radius 1 is 1.10 bits per heavy atom. The molecular formula is C12H17N2O4PtS+. The van der Waals surface area contributed by atoms with Crippen molar-refractivity contribution in [1.29, 1.82) is 0 Å². The molecule has 1 aromatic rings. The summed E-state index contributed by atoms with van der Waals surface area (Å²) < 4.78 is 0. The Bertz CT molecular complexity index is 414. The first-order valence-electron chi connectivity index (χ1n) is 5.93. The number of hydrogen-bond acceptors (Lipinski definition) is 2. The first kappa shape index (κ1) is 19.2. The smallest absolute Gasteiger partial charge is 0.676 e. The van der Waals surface area contributed by atoms with Gasteiger partial charge in [-0.1, -0.05) is 25.7 Å². The third kappa shape index (κ3) is 6.13. The molecule has 0 bridgehead atoms. The normalized spacial score (nSPS) is 21.1. The summed E-state index contributed by atoms with van der Waals surface area (Å²) in [4.78, 5) is 20.6. The molecule has 6 nitrogen and oxygen atoms in total. The van der Waals surface area contributed by atoms with Gasteiger partial charge in [0.15, 0.2) is 5.38 Å². The predicted octanol–water partition coefficient (Wildman–Crippen LogP) is 3.28. The van der Waals surface area contributed by atoms with Crippen LogP contribution in [0.2, 0.25) is 0 Å². The van der Waals surface area contributed by atoms with Crippen molar-refractivity contribution in [3.05, 3.63) is 33.4 Å². The van der Waals surface area contributed by atoms with Gasteiger partial charge in [0.05, 0.1) is 0 Å². The molecule has 20 heavy (non-hydrogen) atoms. The van der Waals surface area contributed by atoms with Crippen LogP contribution in [0, 0.1) is 0 Å². The summed E-state index contributed by atoms with van der Waals surface area (Å²) in [6.07, 6.45) is 4.25. The molecule has 0 aromatic carbocycles. The van der Waals surface area contributed by atoms with Gasteiger partial charge < -0.3 is 21.7 Å². The molecule has 1 aliphatic carbocycles.